The molecule has 0 saturated carbocycles. The number of carbonyl (C=O) groups excluding carboxylic acids is 1. The van der Waals surface area contributed by atoms with E-state index in [0.717, 1.165) is 6.42 Å². The molecular weight excluding hydrogens is 358 g/mol. The molecule has 1 unspecified atom stereocenters. The van der Waals surface area contributed by atoms with Gasteiger partial charge in [0, 0.05) is 25.4 Å². The number of nitrogens with zero attached hydrogens (tertiary/aromatic N) is 1. The molecule has 2 aromatic carbocycles. The molecule has 0 spiro atoms. The fourth-order valence-corrected chi connectivity index (χ4v) is 3.55. The van der Waals surface area contributed by atoms with Crippen molar-refractivity contribution in [3.63, 3.8) is 0 Å². The van der Waals surface area contributed by atoms with E-state index >= 15 is 0 Å². The van der Waals surface area contributed by atoms with Crippen LogP contribution in [0.1, 0.15) is 21.5 Å². The zero-order valence-corrected chi connectivity index (χ0v) is 15.8. The van der Waals surface area contributed by atoms with E-state index in [1.165, 1.54) is 23.1 Å². The number of rotatable bonds is 4. The van der Waals surface area contributed by atoms with Crippen molar-refractivity contribution >= 4 is 16.9 Å². The van der Waals surface area contributed by atoms with Crippen LogP contribution in [0.5, 0.6) is 5.75 Å². The summed E-state index contributed by atoms with van der Waals surface area (Å²) in [6.45, 7) is 0.920. The van der Waals surface area contributed by atoms with Crippen LogP contribution in [-0.4, -0.2) is 37.6 Å². The molecule has 1 amide bonds. The number of ether oxygens (including phenoxy) is 2. The SMILES string of the molecule is COc1cccc2cc(C(=O)N(C)CC3Cc4ccccc4CO3)c(=O)oc12. The van der Waals surface area contributed by atoms with Crippen molar-refractivity contribution in [3.05, 3.63) is 75.6 Å². The standard InChI is InChI=1S/C22H21NO5/c1-23(12-17-10-14-6-3-4-7-16(14)13-27-17)21(24)18-11-15-8-5-9-19(26-2)20(15)28-22(18)25/h3-9,11,17H,10,12-13H2,1-2H3. The summed E-state index contributed by atoms with van der Waals surface area (Å²) in [7, 11) is 3.17. The molecule has 0 aliphatic carbocycles. The summed E-state index contributed by atoms with van der Waals surface area (Å²) in [6, 6.07) is 15.0. The van der Waals surface area contributed by atoms with Gasteiger partial charge in [-0.15, -0.1) is 0 Å². The highest BCUT2D eigenvalue weighted by atomic mass is 16.5. The Morgan fingerprint density at radius 2 is 1.96 bits per heavy atom. The van der Waals surface area contributed by atoms with Gasteiger partial charge in [-0.05, 0) is 23.3 Å². The molecule has 28 heavy (non-hydrogen) atoms. The van der Waals surface area contributed by atoms with Gasteiger partial charge in [0.2, 0.25) is 0 Å². The second-order valence-electron chi connectivity index (χ2n) is 6.92. The van der Waals surface area contributed by atoms with Gasteiger partial charge >= 0.3 is 5.63 Å². The van der Waals surface area contributed by atoms with Gasteiger partial charge in [-0.2, -0.15) is 0 Å². The Hall–Kier alpha value is -3.12. The normalized spacial score (nSPS) is 15.9. The quantitative estimate of drug-likeness (QED) is 0.652. The molecule has 1 aromatic heterocycles. The maximum absolute atomic E-state index is 12.9. The molecule has 0 N–H and O–H groups in total. The van der Waals surface area contributed by atoms with E-state index in [2.05, 4.69) is 12.1 Å². The van der Waals surface area contributed by atoms with E-state index in [-0.39, 0.29) is 17.6 Å². The number of hydrogen-bond acceptors (Lipinski definition) is 5. The summed E-state index contributed by atoms with van der Waals surface area (Å²) in [5.74, 6) is 0.0668. The Morgan fingerprint density at radius 1 is 1.18 bits per heavy atom. The van der Waals surface area contributed by atoms with Crippen LogP contribution in [0, 0.1) is 0 Å². The number of carbonyl (C=O) groups is 1. The lowest BCUT2D eigenvalue weighted by Gasteiger charge is -2.29. The van der Waals surface area contributed by atoms with Gasteiger partial charge in [-0.25, -0.2) is 4.79 Å². The van der Waals surface area contributed by atoms with Crippen LogP contribution in [-0.2, 0) is 17.8 Å². The predicted molar refractivity (Wildman–Crippen MR) is 105 cm³/mol. The molecular formula is C22H21NO5. The zero-order chi connectivity index (χ0) is 19.7. The van der Waals surface area contributed by atoms with Crippen molar-refractivity contribution in [2.24, 2.45) is 0 Å². The van der Waals surface area contributed by atoms with Gasteiger partial charge in [0.15, 0.2) is 11.3 Å². The molecule has 1 aliphatic rings. The predicted octanol–water partition coefficient (Wildman–Crippen LogP) is 3.02. The first-order chi connectivity index (χ1) is 13.6. The van der Waals surface area contributed by atoms with Crippen molar-refractivity contribution in [1.82, 2.24) is 4.90 Å². The molecule has 1 aliphatic heterocycles. The summed E-state index contributed by atoms with van der Waals surface area (Å²) in [4.78, 5) is 26.8. The fraction of sp³-hybridized carbons (Fsp3) is 0.273. The summed E-state index contributed by atoms with van der Waals surface area (Å²) < 4.78 is 16.5. The van der Waals surface area contributed by atoms with Crippen LogP contribution in [0.15, 0.2) is 57.7 Å². The number of fused-ring (bicyclic) bond motifs is 2. The zero-order valence-electron chi connectivity index (χ0n) is 15.8. The van der Waals surface area contributed by atoms with E-state index in [1.807, 2.05) is 12.1 Å². The van der Waals surface area contributed by atoms with Crippen molar-refractivity contribution in [3.8, 4) is 5.75 Å². The molecule has 6 nitrogen and oxygen atoms in total. The van der Waals surface area contributed by atoms with Gasteiger partial charge < -0.3 is 18.8 Å². The maximum atomic E-state index is 12.9. The van der Waals surface area contributed by atoms with Crippen molar-refractivity contribution in [2.75, 3.05) is 20.7 Å². The summed E-state index contributed by atoms with van der Waals surface area (Å²) >= 11 is 0. The second-order valence-corrected chi connectivity index (χ2v) is 6.92. The molecule has 2 heterocycles. The van der Waals surface area contributed by atoms with Crippen LogP contribution < -0.4 is 10.4 Å². The lowest BCUT2D eigenvalue weighted by molar-refractivity contribution is 0.00976. The molecule has 144 valence electrons. The van der Waals surface area contributed by atoms with Gasteiger partial charge in [-0.1, -0.05) is 36.4 Å². The van der Waals surface area contributed by atoms with Crippen molar-refractivity contribution in [2.45, 2.75) is 19.1 Å². The van der Waals surface area contributed by atoms with Crippen LogP contribution in [0.25, 0.3) is 11.0 Å². The average molecular weight is 379 g/mol. The Balaban J connectivity index is 1.54. The minimum Gasteiger partial charge on any atom is -0.493 e. The second kappa shape index (κ2) is 7.48. The van der Waals surface area contributed by atoms with Gasteiger partial charge in [0.05, 0.1) is 19.8 Å². The van der Waals surface area contributed by atoms with Crippen molar-refractivity contribution < 1.29 is 18.7 Å². The van der Waals surface area contributed by atoms with E-state index in [1.54, 1.807) is 31.3 Å². The number of para-hydroxylation sites is 1. The number of hydrogen-bond donors (Lipinski definition) is 0. The van der Waals surface area contributed by atoms with E-state index in [9.17, 15) is 9.59 Å². The maximum Gasteiger partial charge on any atom is 0.349 e. The minimum absolute atomic E-state index is 0.000498. The minimum atomic E-state index is -0.677. The highest BCUT2D eigenvalue weighted by Gasteiger charge is 2.24. The number of likely N-dealkylation sites (N-methyl/N-ethyl adjacent to an activating group) is 1. The molecule has 0 bridgehead atoms. The fourth-order valence-electron chi connectivity index (χ4n) is 3.55. The third kappa shape index (κ3) is 3.39. The largest absolute Gasteiger partial charge is 0.493 e. The highest BCUT2D eigenvalue weighted by Crippen LogP contribution is 2.25. The molecule has 0 fully saturated rings. The van der Waals surface area contributed by atoms with Crippen LogP contribution in [0.3, 0.4) is 0 Å². The molecule has 3 aromatic rings. The van der Waals surface area contributed by atoms with Crippen LogP contribution in [0.4, 0.5) is 0 Å². The summed E-state index contributed by atoms with van der Waals surface area (Å²) in [6.07, 6.45) is 0.619. The molecule has 4 rings (SSSR count). The molecule has 0 radical (unpaired) electrons. The first kappa shape index (κ1) is 18.3. The lowest BCUT2D eigenvalue weighted by Crippen LogP contribution is -2.39. The number of benzene rings is 2. The number of amides is 1. The first-order valence-corrected chi connectivity index (χ1v) is 9.11. The highest BCUT2D eigenvalue weighted by molar-refractivity contribution is 5.97. The Morgan fingerprint density at radius 3 is 2.75 bits per heavy atom. The lowest BCUT2D eigenvalue weighted by atomic mass is 9.99. The summed E-state index contributed by atoms with van der Waals surface area (Å²) in [5, 5.41) is 0.638. The first-order valence-electron chi connectivity index (χ1n) is 9.11. The third-order valence-electron chi connectivity index (χ3n) is 5.04. The average Bonchev–Trinajstić information content (AvgIpc) is 2.72. The Kier molecular flexibility index (Phi) is 4.88. The topological polar surface area (TPSA) is 69.0 Å². The van der Waals surface area contributed by atoms with E-state index in [4.69, 9.17) is 13.9 Å². The van der Waals surface area contributed by atoms with Crippen LogP contribution in [0.2, 0.25) is 0 Å². The molecule has 0 saturated heterocycles. The van der Waals surface area contributed by atoms with E-state index < -0.39 is 5.63 Å². The Labute approximate surface area is 162 Å². The number of methoxy groups -OCH3 is 1. The molecule has 6 heteroatoms. The third-order valence-corrected chi connectivity index (χ3v) is 5.04. The monoisotopic (exact) mass is 379 g/mol. The van der Waals surface area contributed by atoms with Crippen LogP contribution >= 0.6 is 0 Å². The summed E-state index contributed by atoms with van der Waals surface area (Å²) in [5.41, 5.74) is 2.07. The smallest absolute Gasteiger partial charge is 0.349 e. The van der Waals surface area contributed by atoms with Gasteiger partial charge in [0.1, 0.15) is 5.56 Å². The Bertz CT molecular complexity index is 1090. The van der Waals surface area contributed by atoms with Gasteiger partial charge in [0.25, 0.3) is 5.91 Å². The van der Waals surface area contributed by atoms with Gasteiger partial charge in [-0.3, -0.25) is 4.79 Å². The van der Waals surface area contributed by atoms with Crippen molar-refractivity contribution in [1.29, 1.82) is 0 Å². The molecule has 1 atom stereocenters. The van der Waals surface area contributed by atoms with E-state index in [0.29, 0.717) is 29.9 Å².